The summed E-state index contributed by atoms with van der Waals surface area (Å²) in [5.74, 6) is 0.223. The van der Waals surface area contributed by atoms with Crippen LogP contribution in [0.5, 0.6) is 0 Å². The van der Waals surface area contributed by atoms with Gasteiger partial charge < -0.3 is 14.5 Å². The molecule has 144 valence electrons. The van der Waals surface area contributed by atoms with Crippen molar-refractivity contribution in [3.8, 4) is 0 Å². The Bertz CT molecular complexity index is 572. The van der Waals surface area contributed by atoms with E-state index in [-0.39, 0.29) is 18.1 Å². The second-order valence-corrected chi connectivity index (χ2v) is 7.97. The summed E-state index contributed by atoms with van der Waals surface area (Å²) < 4.78 is 6.09. The van der Waals surface area contributed by atoms with E-state index in [1.807, 2.05) is 18.2 Å². The number of morpholine rings is 1. The summed E-state index contributed by atoms with van der Waals surface area (Å²) in [5.41, 5.74) is 1.16. The molecule has 5 heteroatoms. The van der Waals surface area contributed by atoms with E-state index in [2.05, 4.69) is 48.0 Å². The number of rotatable bonds is 6. The molecule has 2 atom stereocenters. The van der Waals surface area contributed by atoms with Gasteiger partial charge in [-0.1, -0.05) is 43.2 Å². The maximum atomic E-state index is 13.2. The fraction of sp³-hybridized carbons (Fsp3) is 0.667. The first-order chi connectivity index (χ1) is 12.6. The first-order valence-electron chi connectivity index (χ1n) is 9.87. The van der Waals surface area contributed by atoms with Gasteiger partial charge in [-0.25, -0.2) is 0 Å². The third kappa shape index (κ3) is 4.64. The van der Waals surface area contributed by atoms with Crippen LogP contribution in [0.15, 0.2) is 30.3 Å². The minimum absolute atomic E-state index is 0.00175. The van der Waals surface area contributed by atoms with Crippen LogP contribution in [-0.4, -0.2) is 80.1 Å². The Balaban J connectivity index is 1.76. The van der Waals surface area contributed by atoms with E-state index >= 15 is 0 Å². The summed E-state index contributed by atoms with van der Waals surface area (Å²) in [5, 5.41) is 0. The number of benzene rings is 1. The predicted octanol–water partition coefficient (Wildman–Crippen LogP) is 2.39. The SMILES string of the molecule is CN(C)C[C@@H]1OCCN(C(=O)CN(C)C2CCCC2)[C@H]1c1ccccc1. The molecule has 0 bridgehead atoms. The summed E-state index contributed by atoms with van der Waals surface area (Å²) in [6, 6.07) is 10.9. The van der Waals surface area contributed by atoms with Crippen LogP contribution in [0.25, 0.3) is 0 Å². The first-order valence-corrected chi connectivity index (χ1v) is 9.87. The third-order valence-electron chi connectivity index (χ3n) is 5.69. The second-order valence-electron chi connectivity index (χ2n) is 7.97. The molecule has 1 aromatic carbocycles. The number of likely N-dealkylation sites (N-methyl/N-ethyl adjacent to an activating group) is 2. The van der Waals surface area contributed by atoms with Gasteiger partial charge in [0.25, 0.3) is 0 Å². The topological polar surface area (TPSA) is 36.0 Å². The van der Waals surface area contributed by atoms with Crippen molar-refractivity contribution in [1.82, 2.24) is 14.7 Å². The van der Waals surface area contributed by atoms with Gasteiger partial charge in [0, 0.05) is 19.1 Å². The molecule has 1 saturated carbocycles. The zero-order chi connectivity index (χ0) is 18.5. The highest BCUT2D eigenvalue weighted by Gasteiger charge is 2.37. The van der Waals surface area contributed by atoms with Crippen LogP contribution in [0.2, 0.25) is 0 Å². The minimum Gasteiger partial charge on any atom is -0.373 e. The molecule has 0 spiro atoms. The zero-order valence-corrected chi connectivity index (χ0v) is 16.4. The fourth-order valence-corrected chi connectivity index (χ4v) is 4.35. The van der Waals surface area contributed by atoms with Gasteiger partial charge in [-0.3, -0.25) is 9.69 Å². The number of carbonyl (C=O) groups is 1. The second kappa shape index (κ2) is 8.98. The highest BCUT2D eigenvalue weighted by molar-refractivity contribution is 5.79. The molecule has 2 aliphatic rings. The van der Waals surface area contributed by atoms with Gasteiger partial charge in [-0.2, -0.15) is 0 Å². The highest BCUT2D eigenvalue weighted by Crippen LogP contribution is 2.30. The molecule has 0 radical (unpaired) electrons. The molecule has 1 amide bonds. The Morgan fingerprint density at radius 2 is 1.85 bits per heavy atom. The summed E-state index contributed by atoms with van der Waals surface area (Å²) in [4.78, 5) is 19.6. The van der Waals surface area contributed by atoms with Gasteiger partial charge in [0.05, 0.1) is 25.3 Å². The maximum absolute atomic E-state index is 13.2. The van der Waals surface area contributed by atoms with E-state index in [0.29, 0.717) is 25.7 Å². The van der Waals surface area contributed by atoms with E-state index in [1.54, 1.807) is 0 Å². The van der Waals surface area contributed by atoms with Crippen molar-refractivity contribution in [2.45, 2.75) is 43.9 Å². The van der Waals surface area contributed by atoms with Crippen LogP contribution >= 0.6 is 0 Å². The van der Waals surface area contributed by atoms with E-state index < -0.39 is 0 Å². The van der Waals surface area contributed by atoms with Crippen LogP contribution in [0.3, 0.4) is 0 Å². The molecule has 1 aliphatic heterocycles. The van der Waals surface area contributed by atoms with Crippen LogP contribution in [0, 0.1) is 0 Å². The molecule has 26 heavy (non-hydrogen) atoms. The molecule has 3 rings (SSSR count). The molecule has 0 N–H and O–H groups in total. The lowest BCUT2D eigenvalue weighted by Crippen LogP contribution is -2.53. The van der Waals surface area contributed by atoms with Crippen LogP contribution in [-0.2, 0) is 9.53 Å². The molecule has 2 fully saturated rings. The number of hydrogen-bond donors (Lipinski definition) is 0. The van der Waals surface area contributed by atoms with Crippen molar-refractivity contribution < 1.29 is 9.53 Å². The molecule has 1 aromatic rings. The van der Waals surface area contributed by atoms with Crippen molar-refractivity contribution in [3.63, 3.8) is 0 Å². The normalized spacial score (nSPS) is 24.6. The van der Waals surface area contributed by atoms with E-state index in [0.717, 1.165) is 12.1 Å². The average molecular weight is 360 g/mol. The quantitative estimate of drug-likeness (QED) is 0.781. The van der Waals surface area contributed by atoms with Crippen molar-refractivity contribution >= 4 is 5.91 Å². The Kier molecular flexibility index (Phi) is 6.68. The molecule has 1 heterocycles. The van der Waals surface area contributed by atoms with Gasteiger partial charge in [0.15, 0.2) is 0 Å². The number of carbonyl (C=O) groups excluding carboxylic acids is 1. The number of ether oxygens (including phenoxy) is 1. The van der Waals surface area contributed by atoms with Crippen LogP contribution in [0.1, 0.15) is 37.3 Å². The monoisotopic (exact) mass is 359 g/mol. The van der Waals surface area contributed by atoms with Gasteiger partial charge in [-0.15, -0.1) is 0 Å². The first kappa shape index (κ1) is 19.3. The van der Waals surface area contributed by atoms with Crippen LogP contribution in [0.4, 0.5) is 0 Å². The number of hydrogen-bond acceptors (Lipinski definition) is 4. The van der Waals surface area contributed by atoms with E-state index in [1.165, 1.54) is 25.7 Å². The number of nitrogens with zero attached hydrogens (tertiary/aromatic N) is 3. The van der Waals surface area contributed by atoms with Gasteiger partial charge in [0.1, 0.15) is 0 Å². The smallest absolute Gasteiger partial charge is 0.237 e. The predicted molar refractivity (Wildman–Crippen MR) is 104 cm³/mol. The van der Waals surface area contributed by atoms with Crippen molar-refractivity contribution in [1.29, 1.82) is 0 Å². The van der Waals surface area contributed by atoms with E-state index in [9.17, 15) is 4.79 Å². The largest absolute Gasteiger partial charge is 0.373 e. The van der Waals surface area contributed by atoms with Crippen LogP contribution < -0.4 is 0 Å². The standard InChI is InChI=1S/C21H33N3O2/c1-22(2)15-19-21(17-9-5-4-6-10-17)24(13-14-26-19)20(25)16-23(3)18-11-7-8-12-18/h4-6,9-10,18-19,21H,7-8,11-16H2,1-3H3/t19-,21-/m0/s1. The summed E-state index contributed by atoms with van der Waals surface area (Å²) in [6.45, 7) is 2.59. The Morgan fingerprint density at radius 1 is 1.15 bits per heavy atom. The van der Waals surface area contributed by atoms with Crippen molar-refractivity contribution in [2.24, 2.45) is 0 Å². The zero-order valence-electron chi connectivity index (χ0n) is 16.4. The lowest BCUT2D eigenvalue weighted by molar-refractivity contribution is -0.149. The molecular formula is C21H33N3O2. The lowest BCUT2D eigenvalue weighted by atomic mass is 9.97. The summed E-state index contributed by atoms with van der Waals surface area (Å²) in [6.07, 6.45) is 5.02. The molecular weight excluding hydrogens is 326 g/mol. The molecule has 0 aromatic heterocycles. The van der Waals surface area contributed by atoms with Gasteiger partial charge in [-0.05, 0) is 39.5 Å². The summed E-state index contributed by atoms with van der Waals surface area (Å²) in [7, 11) is 6.21. The van der Waals surface area contributed by atoms with Crippen molar-refractivity contribution in [2.75, 3.05) is 47.4 Å². The number of amides is 1. The summed E-state index contributed by atoms with van der Waals surface area (Å²) >= 11 is 0. The third-order valence-corrected chi connectivity index (χ3v) is 5.69. The van der Waals surface area contributed by atoms with Gasteiger partial charge >= 0.3 is 0 Å². The maximum Gasteiger partial charge on any atom is 0.237 e. The Hall–Kier alpha value is -1.43. The average Bonchev–Trinajstić information content (AvgIpc) is 3.16. The Morgan fingerprint density at radius 3 is 2.50 bits per heavy atom. The Labute approximate surface area is 157 Å². The van der Waals surface area contributed by atoms with Crippen molar-refractivity contribution in [3.05, 3.63) is 35.9 Å². The molecule has 1 aliphatic carbocycles. The molecule has 1 saturated heterocycles. The lowest BCUT2D eigenvalue weighted by Gasteiger charge is -2.43. The fourth-order valence-electron chi connectivity index (χ4n) is 4.35. The molecule has 5 nitrogen and oxygen atoms in total. The minimum atomic E-state index is -0.0168. The highest BCUT2D eigenvalue weighted by atomic mass is 16.5. The molecule has 0 unspecified atom stereocenters. The van der Waals surface area contributed by atoms with Gasteiger partial charge in [0.2, 0.25) is 5.91 Å². The van der Waals surface area contributed by atoms with E-state index in [4.69, 9.17) is 4.74 Å².